The van der Waals surface area contributed by atoms with Gasteiger partial charge in [0.1, 0.15) is 0 Å². The molecule has 23 heavy (non-hydrogen) atoms. The van der Waals surface area contributed by atoms with Gasteiger partial charge in [0, 0.05) is 29.7 Å². The number of allylic oxidation sites excluding steroid dienone is 1. The van der Waals surface area contributed by atoms with Crippen LogP contribution in [-0.2, 0) is 0 Å². The van der Waals surface area contributed by atoms with Gasteiger partial charge in [0.2, 0.25) is 0 Å². The van der Waals surface area contributed by atoms with Crippen LogP contribution in [0.15, 0.2) is 36.8 Å². The number of aliphatic hydroxyl groups is 1. The minimum atomic E-state index is -0.0329. The monoisotopic (exact) mass is 322 g/mol. The fraction of sp³-hybridized carbons (Fsp3) is 0.700. The molecule has 2 atom stereocenters. The van der Waals surface area contributed by atoms with E-state index in [-0.39, 0.29) is 28.8 Å². The number of aliphatic hydroxyl groups excluding tert-OH is 1. The number of rotatable bonds is 9. The second-order valence-corrected chi connectivity index (χ2v) is 8.46. The summed E-state index contributed by atoms with van der Waals surface area (Å²) < 4.78 is 0. The van der Waals surface area contributed by atoms with Crippen molar-refractivity contribution in [1.82, 2.24) is 10.6 Å². The molecular formula is C20H38N2O. The van der Waals surface area contributed by atoms with Gasteiger partial charge >= 0.3 is 0 Å². The molecule has 1 unspecified atom stereocenters. The smallest absolute Gasteiger partial charge is 0.0851 e. The Morgan fingerprint density at radius 1 is 1.00 bits per heavy atom. The molecule has 0 saturated heterocycles. The zero-order chi connectivity index (χ0) is 18.4. The highest BCUT2D eigenvalue weighted by molar-refractivity contribution is 5.18. The van der Waals surface area contributed by atoms with Crippen LogP contribution in [0.2, 0.25) is 0 Å². The summed E-state index contributed by atoms with van der Waals surface area (Å²) in [6.07, 6.45) is 2.28. The molecule has 0 fully saturated rings. The van der Waals surface area contributed by atoms with Crippen molar-refractivity contribution in [3.63, 3.8) is 0 Å². The minimum Gasteiger partial charge on any atom is -0.513 e. The normalized spacial score (nSPS) is 14.9. The maximum absolute atomic E-state index is 9.42. The van der Waals surface area contributed by atoms with Crippen molar-refractivity contribution in [3.8, 4) is 0 Å². The highest BCUT2D eigenvalue weighted by Crippen LogP contribution is 2.28. The van der Waals surface area contributed by atoms with Crippen molar-refractivity contribution < 1.29 is 5.11 Å². The Kier molecular flexibility index (Phi) is 8.13. The summed E-state index contributed by atoms with van der Waals surface area (Å²) in [7, 11) is 0. The number of hydrogen-bond acceptors (Lipinski definition) is 3. The van der Waals surface area contributed by atoms with E-state index in [9.17, 15) is 5.11 Å². The molecule has 0 saturated carbocycles. The lowest BCUT2D eigenvalue weighted by molar-refractivity contribution is 0.330. The Bertz CT molecular complexity index is 424. The molecule has 0 aliphatic carbocycles. The Balaban J connectivity index is 5.05. The van der Waals surface area contributed by atoms with Gasteiger partial charge in [-0.2, -0.15) is 0 Å². The average Bonchev–Trinajstić information content (AvgIpc) is 2.37. The third kappa shape index (κ3) is 8.85. The predicted octanol–water partition coefficient (Wildman–Crippen LogP) is 5.08. The van der Waals surface area contributed by atoms with Crippen LogP contribution in [0, 0.1) is 5.41 Å². The summed E-state index contributed by atoms with van der Waals surface area (Å²) in [6.45, 7) is 27.2. The first-order valence-corrected chi connectivity index (χ1v) is 8.57. The maximum Gasteiger partial charge on any atom is 0.0851 e. The Hall–Kier alpha value is -1.22. The van der Waals surface area contributed by atoms with Crippen LogP contribution in [0.5, 0.6) is 0 Å². The van der Waals surface area contributed by atoms with Gasteiger partial charge in [0.05, 0.1) is 5.76 Å². The van der Waals surface area contributed by atoms with Crippen LogP contribution in [0.3, 0.4) is 0 Å². The molecule has 0 rings (SSSR count). The zero-order valence-electron chi connectivity index (χ0n) is 16.3. The summed E-state index contributed by atoms with van der Waals surface area (Å²) in [5.41, 5.74) is 2.15. The highest BCUT2D eigenvalue weighted by Gasteiger charge is 2.25. The molecule has 0 spiro atoms. The predicted molar refractivity (Wildman–Crippen MR) is 103 cm³/mol. The van der Waals surface area contributed by atoms with Gasteiger partial charge in [-0.05, 0) is 44.6 Å². The molecule has 0 amide bonds. The lowest BCUT2D eigenvalue weighted by atomic mass is 9.82. The molecular weight excluding hydrogens is 284 g/mol. The Morgan fingerprint density at radius 2 is 1.52 bits per heavy atom. The van der Waals surface area contributed by atoms with E-state index >= 15 is 0 Å². The standard InChI is InChI=1S/C20H38N2O/c1-11-17(15(3)19(5,6)7)21-16(4)18(13-12-14(2)23)22-20(8,9)10/h17-18,21-23H,2-4,11-13H2,1,5-10H3/t17-,18?/m0/s1. The highest BCUT2D eigenvalue weighted by atomic mass is 16.3. The van der Waals surface area contributed by atoms with E-state index in [1.807, 2.05) is 0 Å². The van der Waals surface area contributed by atoms with Gasteiger partial charge in [-0.1, -0.05) is 47.4 Å². The lowest BCUT2D eigenvalue weighted by Crippen LogP contribution is -2.48. The molecule has 0 aliphatic rings. The molecule has 0 heterocycles. The fourth-order valence-corrected chi connectivity index (χ4v) is 2.45. The van der Waals surface area contributed by atoms with Crippen molar-refractivity contribution >= 4 is 0 Å². The van der Waals surface area contributed by atoms with Crippen LogP contribution in [0.4, 0.5) is 0 Å². The number of hydrogen-bond donors (Lipinski definition) is 3. The van der Waals surface area contributed by atoms with Gasteiger partial charge in [0.25, 0.3) is 0 Å². The molecule has 0 aromatic carbocycles. The van der Waals surface area contributed by atoms with Crippen LogP contribution < -0.4 is 10.6 Å². The molecule has 3 heteroatoms. The van der Waals surface area contributed by atoms with Crippen molar-refractivity contribution in [1.29, 1.82) is 0 Å². The summed E-state index contributed by atoms with van der Waals surface area (Å²) >= 11 is 0. The SMILES string of the molecule is C=C(O)CCC(NC(C)(C)C)C(=C)N[C@@H](CC)C(=C)C(C)(C)C. The van der Waals surface area contributed by atoms with E-state index in [2.05, 4.69) is 78.8 Å². The van der Waals surface area contributed by atoms with Gasteiger partial charge < -0.3 is 15.7 Å². The van der Waals surface area contributed by atoms with Gasteiger partial charge in [-0.25, -0.2) is 0 Å². The minimum absolute atomic E-state index is 0.0329. The largest absolute Gasteiger partial charge is 0.513 e. The van der Waals surface area contributed by atoms with Crippen molar-refractivity contribution in [2.75, 3.05) is 0 Å². The molecule has 0 bridgehead atoms. The van der Waals surface area contributed by atoms with E-state index in [1.165, 1.54) is 5.57 Å². The first-order valence-electron chi connectivity index (χ1n) is 8.57. The molecule has 0 aliphatic heterocycles. The van der Waals surface area contributed by atoms with Crippen LogP contribution in [0.1, 0.15) is 67.7 Å². The lowest BCUT2D eigenvalue weighted by Gasteiger charge is -2.35. The van der Waals surface area contributed by atoms with E-state index < -0.39 is 0 Å². The van der Waals surface area contributed by atoms with E-state index in [0.29, 0.717) is 6.42 Å². The van der Waals surface area contributed by atoms with Crippen LogP contribution in [0.25, 0.3) is 0 Å². The first-order chi connectivity index (χ1) is 10.3. The van der Waals surface area contributed by atoms with Gasteiger partial charge in [-0.3, -0.25) is 0 Å². The summed E-state index contributed by atoms with van der Waals surface area (Å²) in [6, 6.07) is 0.268. The summed E-state index contributed by atoms with van der Waals surface area (Å²) in [5, 5.41) is 16.5. The van der Waals surface area contributed by atoms with Gasteiger partial charge in [-0.15, -0.1) is 0 Å². The van der Waals surface area contributed by atoms with Crippen LogP contribution in [-0.4, -0.2) is 22.7 Å². The molecule has 0 radical (unpaired) electrons. The zero-order valence-corrected chi connectivity index (χ0v) is 16.3. The average molecular weight is 323 g/mol. The molecule has 134 valence electrons. The van der Waals surface area contributed by atoms with E-state index in [0.717, 1.165) is 18.5 Å². The molecule has 3 N–H and O–H groups in total. The van der Waals surface area contributed by atoms with E-state index in [1.54, 1.807) is 0 Å². The molecule has 0 aromatic rings. The summed E-state index contributed by atoms with van der Waals surface area (Å²) in [4.78, 5) is 0. The van der Waals surface area contributed by atoms with Gasteiger partial charge in [0.15, 0.2) is 0 Å². The second-order valence-electron chi connectivity index (χ2n) is 8.46. The molecule has 0 aromatic heterocycles. The topological polar surface area (TPSA) is 44.3 Å². The van der Waals surface area contributed by atoms with Crippen molar-refractivity contribution in [2.24, 2.45) is 5.41 Å². The second kappa shape index (κ2) is 8.58. The third-order valence-corrected chi connectivity index (χ3v) is 3.90. The Labute approximate surface area is 143 Å². The Morgan fingerprint density at radius 3 is 1.87 bits per heavy atom. The number of nitrogens with one attached hydrogen (secondary N) is 2. The third-order valence-electron chi connectivity index (χ3n) is 3.90. The first kappa shape index (κ1) is 21.8. The van der Waals surface area contributed by atoms with E-state index in [4.69, 9.17) is 0 Å². The maximum atomic E-state index is 9.42. The molecule has 3 nitrogen and oxygen atoms in total. The summed E-state index contributed by atoms with van der Waals surface area (Å²) in [5.74, 6) is 0.213. The van der Waals surface area contributed by atoms with Crippen LogP contribution >= 0.6 is 0 Å². The fourth-order valence-electron chi connectivity index (χ4n) is 2.45. The van der Waals surface area contributed by atoms with Crippen molar-refractivity contribution in [3.05, 3.63) is 36.8 Å². The quantitative estimate of drug-likeness (QED) is 0.410. The van der Waals surface area contributed by atoms with Crippen molar-refractivity contribution in [2.45, 2.75) is 85.4 Å².